The number of hydrogen-bond donors (Lipinski definition) is 1. The van der Waals surface area contributed by atoms with E-state index >= 15 is 0 Å². The third-order valence-corrected chi connectivity index (χ3v) is 2.27. The Hall–Kier alpha value is -1.44. The molecule has 1 radical (unpaired) electrons. The molecule has 4 nitrogen and oxygen atoms in total. The van der Waals surface area contributed by atoms with Crippen LogP contribution in [0.5, 0.6) is 5.75 Å². The van der Waals surface area contributed by atoms with Crippen LogP contribution in [0, 0.1) is 12.7 Å². The Morgan fingerprint density at radius 3 is 2.47 bits per heavy atom. The highest BCUT2D eigenvalue weighted by Crippen LogP contribution is 2.33. The summed E-state index contributed by atoms with van der Waals surface area (Å²) in [6, 6.07) is 1.99. The minimum absolute atomic E-state index is 0.0208. The topological polar surface area (TPSA) is 55.4 Å². The summed E-state index contributed by atoms with van der Waals surface area (Å²) in [6.07, 6.45) is 0.795. The van der Waals surface area contributed by atoms with Crippen molar-refractivity contribution in [3.05, 3.63) is 30.4 Å². The molecular formula is C9H9F3NO3S. The molecular weight excluding hydrogens is 259 g/mol. The number of hydrogen-bond acceptors (Lipinski definition) is 3. The van der Waals surface area contributed by atoms with Crippen LogP contribution >= 0.6 is 0 Å². The molecule has 0 aliphatic heterocycles. The van der Waals surface area contributed by atoms with Gasteiger partial charge in [-0.25, -0.2) is 12.8 Å². The molecule has 0 spiro atoms. The molecule has 0 amide bonds. The van der Waals surface area contributed by atoms with Crippen LogP contribution in [0.3, 0.4) is 0 Å². The van der Waals surface area contributed by atoms with Crippen LogP contribution in [0.15, 0.2) is 12.1 Å². The zero-order chi connectivity index (χ0) is 13.2. The normalized spacial score (nSPS) is 11.6. The molecule has 1 N–H and O–H groups in total. The van der Waals surface area contributed by atoms with Crippen molar-refractivity contribution >= 4 is 15.7 Å². The van der Waals surface area contributed by atoms with Gasteiger partial charge in [0.05, 0.1) is 11.9 Å². The van der Waals surface area contributed by atoms with Crippen molar-refractivity contribution in [2.75, 3.05) is 11.0 Å². The molecule has 0 fully saturated rings. The Balaban J connectivity index is 3.29. The van der Waals surface area contributed by atoms with Crippen LogP contribution in [0.2, 0.25) is 0 Å². The first-order chi connectivity index (χ1) is 7.70. The summed E-state index contributed by atoms with van der Waals surface area (Å²) in [6.45, 7) is 0.123. The van der Waals surface area contributed by atoms with Crippen molar-refractivity contribution in [2.24, 2.45) is 0 Å². The quantitative estimate of drug-likeness (QED) is 0.908. The second kappa shape index (κ2) is 4.82. The van der Waals surface area contributed by atoms with Crippen LogP contribution in [-0.2, 0) is 10.0 Å². The van der Waals surface area contributed by atoms with Gasteiger partial charge in [0.15, 0.2) is 11.6 Å². The lowest BCUT2D eigenvalue weighted by Crippen LogP contribution is -2.14. The number of nitrogens with one attached hydrogen (secondary N) is 1. The number of rotatable bonds is 4. The van der Waals surface area contributed by atoms with Crippen molar-refractivity contribution < 1.29 is 26.3 Å². The van der Waals surface area contributed by atoms with E-state index in [1.165, 1.54) is 0 Å². The molecule has 0 heterocycles. The van der Waals surface area contributed by atoms with Gasteiger partial charge in [0.1, 0.15) is 0 Å². The predicted molar refractivity (Wildman–Crippen MR) is 56.0 cm³/mol. The minimum Gasteiger partial charge on any atom is -0.429 e. The van der Waals surface area contributed by atoms with E-state index in [0.29, 0.717) is 0 Å². The Kier molecular flexibility index (Phi) is 3.87. The van der Waals surface area contributed by atoms with E-state index in [9.17, 15) is 21.6 Å². The average Bonchev–Trinajstić information content (AvgIpc) is 2.15. The molecule has 0 saturated carbocycles. The van der Waals surface area contributed by atoms with E-state index in [0.717, 1.165) is 18.4 Å². The van der Waals surface area contributed by atoms with Gasteiger partial charge in [-0.1, -0.05) is 6.07 Å². The molecule has 0 bridgehead atoms. The number of sulfonamides is 1. The maximum absolute atomic E-state index is 13.2. The largest absolute Gasteiger partial charge is 0.429 e. The van der Waals surface area contributed by atoms with Gasteiger partial charge in [-0.05, 0) is 18.6 Å². The lowest BCUT2D eigenvalue weighted by Gasteiger charge is -2.14. The van der Waals surface area contributed by atoms with E-state index in [4.69, 9.17) is 0 Å². The first-order valence-electron chi connectivity index (χ1n) is 4.28. The van der Waals surface area contributed by atoms with E-state index in [2.05, 4.69) is 11.7 Å². The second-order valence-corrected chi connectivity index (χ2v) is 4.91. The Bertz CT molecular complexity index is 516. The van der Waals surface area contributed by atoms with E-state index in [-0.39, 0.29) is 5.56 Å². The van der Waals surface area contributed by atoms with Gasteiger partial charge in [0.25, 0.3) is 0 Å². The Morgan fingerprint density at radius 1 is 1.41 bits per heavy atom. The standard InChI is InChI=1S/C9H9F3NO3S/c1-5-3-4-6(10)8(16-9(11)12)7(5)13-17(2,14)15/h3-4,9,13H,1H2,2H3. The highest BCUT2D eigenvalue weighted by molar-refractivity contribution is 7.92. The van der Waals surface area contributed by atoms with Crippen LogP contribution in [0.1, 0.15) is 5.56 Å². The van der Waals surface area contributed by atoms with Crippen molar-refractivity contribution in [2.45, 2.75) is 6.61 Å². The van der Waals surface area contributed by atoms with Gasteiger partial charge in [0, 0.05) is 0 Å². The third kappa shape index (κ3) is 3.81. The Labute approximate surface area is 96.4 Å². The van der Waals surface area contributed by atoms with Gasteiger partial charge in [0.2, 0.25) is 10.0 Å². The first kappa shape index (κ1) is 13.6. The summed E-state index contributed by atoms with van der Waals surface area (Å²) in [4.78, 5) is 0. The van der Waals surface area contributed by atoms with Gasteiger partial charge < -0.3 is 4.74 Å². The zero-order valence-corrected chi connectivity index (χ0v) is 9.52. The summed E-state index contributed by atoms with van der Waals surface area (Å²) in [5.41, 5.74) is -0.416. The monoisotopic (exact) mass is 268 g/mol. The highest BCUT2D eigenvalue weighted by Gasteiger charge is 2.19. The molecule has 1 aromatic rings. The molecule has 0 unspecified atom stereocenters. The fourth-order valence-electron chi connectivity index (χ4n) is 1.10. The molecule has 1 rings (SSSR count). The summed E-state index contributed by atoms with van der Waals surface area (Å²) in [5, 5.41) is 0. The van der Waals surface area contributed by atoms with Crippen molar-refractivity contribution in [1.82, 2.24) is 0 Å². The first-order valence-corrected chi connectivity index (χ1v) is 6.17. The Morgan fingerprint density at radius 2 is 2.00 bits per heavy atom. The SMILES string of the molecule is [CH2]c1ccc(F)c(OC(F)F)c1NS(C)(=O)=O. The van der Waals surface area contributed by atoms with Gasteiger partial charge in [-0.3, -0.25) is 4.72 Å². The lowest BCUT2D eigenvalue weighted by molar-refractivity contribution is -0.0516. The molecule has 0 aliphatic carbocycles. The fraction of sp³-hybridized carbons (Fsp3) is 0.222. The van der Waals surface area contributed by atoms with E-state index in [1.807, 2.05) is 4.72 Å². The number of ether oxygens (including phenoxy) is 1. The second-order valence-electron chi connectivity index (χ2n) is 3.16. The highest BCUT2D eigenvalue weighted by atomic mass is 32.2. The molecule has 17 heavy (non-hydrogen) atoms. The minimum atomic E-state index is -3.76. The molecule has 0 saturated heterocycles. The van der Waals surface area contributed by atoms with Crippen LogP contribution in [0.25, 0.3) is 0 Å². The van der Waals surface area contributed by atoms with E-state index in [1.54, 1.807) is 0 Å². The van der Waals surface area contributed by atoms with Crippen molar-refractivity contribution in [3.8, 4) is 5.75 Å². The molecule has 0 aromatic heterocycles. The van der Waals surface area contributed by atoms with Crippen LogP contribution in [-0.4, -0.2) is 21.3 Å². The van der Waals surface area contributed by atoms with Crippen LogP contribution < -0.4 is 9.46 Å². The number of anilines is 1. The number of benzene rings is 1. The van der Waals surface area contributed by atoms with E-state index < -0.39 is 33.9 Å². The average molecular weight is 268 g/mol. The zero-order valence-electron chi connectivity index (χ0n) is 8.71. The van der Waals surface area contributed by atoms with Gasteiger partial charge >= 0.3 is 6.61 Å². The van der Waals surface area contributed by atoms with Crippen molar-refractivity contribution in [3.63, 3.8) is 0 Å². The number of alkyl halides is 2. The molecule has 0 atom stereocenters. The predicted octanol–water partition coefficient (Wildman–Crippen LogP) is 1.98. The summed E-state index contributed by atoms with van der Waals surface area (Å²) in [5.74, 6) is -1.98. The smallest absolute Gasteiger partial charge is 0.387 e. The summed E-state index contributed by atoms with van der Waals surface area (Å²) < 4.78 is 65.2. The maximum atomic E-state index is 13.2. The third-order valence-electron chi connectivity index (χ3n) is 1.69. The molecule has 8 heteroatoms. The molecule has 0 aliphatic rings. The van der Waals surface area contributed by atoms with Gasteiger partial charge in [-0.2, -0.15) is 8.78 Å². The number of halogens is 3. The molecule has 95 valence electrons. The van der Waals surface area contributed by atoms with Gasteiger partial charge in [-0.15, -0.1) is 0 Å². The van der Waals surface area contributed by atoms with Crippen LogP contribution in [0.4, 0.5) is 18.9 Å². The molecule has 1 aromatic carbocycles. The summed E-state index contributed by atoms with van der Waals surface area (Å²) >= 11 is 0. The van der Waals surface area contributed by atoms with Crippen molar-refractivity contribution in [1.29, 1.82) is 0 Å². The fourth-order valence-corrected chi connectivity index (χ4v) is 1.69. The maximum Gasteiger partial charge on any atom is 0.387 e. The lowest BCUT2D eigenvalue weighted by atomic mass is 10.2. The summed E-state index contributed by atoms with van der Waals surface area (Å²) in [7, 11) is -3.76.